The molecule has 0 saturated carbocycles. The van der Waals surface area contributed by atoms with Gasteiger partial charge < -0.3 is 20.3 Å². The highest BCUT2D eigenvalue weighted by atomic mass is 127. The summed E-state index contributed by atoms with van der Waals surface area (Å²) in [5.74, 6) is 2.39. The highest BCUT2D eigenvalue weighted by Crippen LogP contribution is 2.20. The summed E-state index contributed by atoms with van der Waals surface area (Å²) in [6.45, 7) is 5.93. The molecular weight excluding hydrogens is 523 g/mol. The van der Waals surface area contributed by atoms with Crippen molar-refractivity contribution in [2.75, 3.05) is 39.8 Å². The Morgan fingerprint density at radius 1 is 1.30 bits per heavy atom. The number of hydrogen-bond acceptors (Lipinski definition) is 3. The van der Waals surface area contributed by atoms with Crippen molar-refractivity contribution in [2.24, 2.45) is 10.9 Å². The number of nitrogens with zero attached hydrogens (tertiary/aromatic N) is 2. The van der Waals surface area contributed by atoms with Crippen LogP contribution in [0.25, 0.3) is 0 Å². The molecule has 152 valence electrons. The highest BCUT2D eigenvalue weighted by Gasteiger charge is 2.22. The van der Waals surface area contributed by atoms with Crippen molar-refractivity contribution < 1.29 is 9.53 Å². The lowest BCUT2D eigenvalue weighted by molar-refractivity contribution is -0.121. The Labute approximate surface area is 187 Å². The first-order chi connectivity index (χ1) is 12.6. The van der Waals surface area contributed by atoms with Gasteiger partial charge in [-0.2, -0.15) is 0 Å². The van der Waals surface area contributed by atoms with Crippen molar-refractivity contribution in [3.63, 3.8) is 0 Å². The number of likely N-dealkylation sites (tertiary alicyclic amines) is 1. The van der Waals surface area contributed by atoms with E-state index in [1.807, 2.05) is 24.3 Å². The summed E-state index contributed by atoms with van der Waals surface area (Å²) in [6.07, 6.45) is 2.67. The molecule has 1 saturated heterocycles. The van der Waals surface area contributed by atoms with Crippen LogP contribution in [0.4, 0.5) is 0 Å². The molecule has 1 aromatic rings. The number of aliphatic imine (C=N–C) groups is 1. The third-order valence-corrected chi connectivity index (χ3v) is 4.97. The molecule has 1 aliphatic heterocycles. The van der Waals surface area contributed by atoms with E-state index in [0.29, 0.717) is 25.5 Å². The minimum Gasteiger partial charge on any atom is -0.492 e. The molecule has 27 heavy (non-hydrogen) atoms. The van der Waals surface area contributed by atoms with Crippen LogP contribution < -0.4 is 15.4 Å². The Kier molecular flexibility index (Phi) is 11.7. The summed E-state index contributed by atoms with van der Waals surface area (Å²) >= 11 is 3.42. The molecule has 1 heterocycles. The number of hydrogen-bond donors (Lipinski definition) is 2. The second kappa shape index (κ2) is 13.2. The Hall–Kier alpha value is -1.03. The standard InChI is InChI=1S/C19H29BrN4O2.HI/c1-3-22-19(23-10-13-26-17-6-4-16(20)5-7-17)24-11-8-15(9-12-24)14-18(25)21-2;/h4-7,15H,3,8-14H2,1-2H3,(H,21,25)(H,22,23);1H. The minimum atomic E-state index is 0. The zero-order valence-electron chi connectivity index (χ0n) is 16.0. The van der Waals surface area contributed by atoms with Crippen molar-refractivity contribution in [3.8, 4) is 5.75 Å². The number of rotatable bonds is 7. The number of carbonyl (C=O) groups excluding carboxylic acids is 1. The van der Waals surface area contributed by atoms with Crippen LogP contribution in [0.2, 0.25) is 0 Å². The number of piperidine rings is 1. The zero-order valence-corrected chi connectivity index (χ0v) is 20.0. The van der Waals surface area contributed by atoms with Gasteiger partial charge in [0.25, 0.3) is 0 Å². The number of carbonyl (C=O) groups is 1. The molecule has 0 aromatic heterocycles. The molecule has 0 unspecified atom stereocenters. The van der Waals surface area contributed by atoms with Crippen LogP contribution in [0, 0.1) is 5.92 Å². The molecule has 1 aliphatic rings. The Balaban J connectivity index is 0.00000364. The number of ether oxygens (including phenoxy) is 1. The van der Waals surface area contributed by atoms with Crippen LogP contribution in [0.1, 0.15) is 26.2 Å². The van der Waals surface area contributed by atoms with E-state index in [1.54, 1.807) is 7.05 Å². The number of nitrogens with one attached hydrogen (secondary N) is 2. The summed E-state index contributed by atoms with van der Waals surface area (Å²) in [5.41, 5.74) is 0. The second-order valence-corrected chi connectivity index (χ2v) is 7.26. The lowest BCUT2D eigenvalue weighted by Gasteiger charge is -2.34. The topological polar surface area (TPSA) is 66.0 Å². The molecule has 6 nitrogen and oxygen atoms in total. The molecule has 0 spiro atoms. The molecule has 0 bridgehead atoms. The minimum absolute atomic E-state index is 0. The SMILES string of the molecule is CCNC(=NCCOc1ccc(Br)cc1)N1CCC(CC(=O)NC)CC1.I. The first-order valence-electron chi connectivity index (χ1n) is 9.24. The number of benzene rings is 1. The van der Waals surface area contributed by atoms with E-state index in [2.05, 4.69) is 43.4 Å². The van der Waals surface area contributed by atoms with E-state index in [9.17, 15) is 4.79 Å². The Morgan fingerprint density at radius 3 is 2.56 bits per heavy atom. The molecule has 0 atom stereocenters. The number of amides is 1. The van der Waals surface area contributed by atoms with E-state index < -0.39 is 0 Å². The van der Waals surface area contributed by atoms with Gasteiger partial charge in [-0.05, 0) is 49.9 Å². The van der Waals surface area contributed by atoms with E-state index >= 15 is 0 Å². The van der Waals surface area contributed by atoms with Gasteiger partial charge in [0.15, 0.2) is 5.96 Å². The maximum Gasteiger partial charge on any atom is 0.220 e. The van der Waals surface area contributed by atoms with Crippen LogP contribution in [0.3, 0.4) is 0 Å². The van der Waals surface area contributed by atoms with Crippen LogP contribution in [0.15, 0.2) is 33.7 Å². The van der Waals surface area contributed by atoms with Gasteiger partial charge in [-0.3, -0.25) is 4.79 Å². The monoisotopic (exact) mass is 552 g/mol. The van der Waals surface area contributed by atoms with Crippen LogP contribution in [-0.2, 0) is 4.79 Å². The molecule has 0 aliphatic carbocycles. The lowest BCUT2D eigenvalue weighted by Crippen LogP contribution is -2.46. The van der Waals surface area contributed by atoms with Crippen LogP contribution in [0.5, 0.6) is 5.75 Å². The largest absolute Gasteiger partial charge is 0.492 e. The van der Waals surface area contributed by atoms with Crippen molar-refractivity contribution in [3.05, 3.63) is 28.7 Å². The molecule has 1 fully saturated rings. The Bertz CT molecular complexity index is 590. The van der Waals surface area contributed by atoms with Crippen LogP contribution >= 0.6 is 39.9 Å². The second-order valence-electron chi connectivity index (χ2n) is 6.35. The van der Waals surface area contributed by atoms with E-state index in [4.69, 9.17) is 4.74 Å². The van der Waals surface area contributed by atoms with E-state index in [0.717, 1.165) is 48.7 Å². The first-order valence-corrected chi connectivity index (χ1v) is 10.0. The van der Waals surface area contributed by atoms with Crippen molar-refractivity contribution in [2.45, 2.75) is 26.2 Å². The number of guanidine groups is 1. The quantitative estimate of drug-likeness (QED) is 0.236. The van der Waals surface area contributed by atoms with E-state index in [-0.39, 0.29) is 29.9 Å². The first kappa shape index (κ1) is 24.0. The third-order valence-electron chi connectivity index (χ3n) is 4.44. The fraction of sp³-hybridized carbons (Fsp3) is 0.579. The molecule has 0 radical (unpaired) electrons. The summed E-state index contributed by atoms with van der Waals surface area (Å²) in [5, 5.41) is 6.07. The van der Waals surface area contributed by atoms with Gasteiger partial charge in [0.1, 0.15) is 12.4 Å². The predicted molar refractivity (Wildman–Crippen MR) is 124 cm³/mol. The van der Waals surface area contributed by atoms with Gasteiger partial charge in [0, 0.05) is 37.6 Å². The van der Waals surface area contributed by atoms with Gasteiger partial charge in [-0.25, -0.2) is 4.99 Å². The highest BCUT2D eigenvalue weighted by molar-refractivity contribution is 14.0. The molecule has 1 amide bonds. The van der Waals surface area contributed by atoms with Crippen molar-refractivity contribution in [1.29, 1.82) is 0 Å². The lowest BCUT2D eigenvalue weighted by atomic mass is 9.93. The number of halogens is 2. The third kappa shape index (κ3) is 8.68. The average Bonchev–Trinajstić information content (AvgIpc) is 2.66. The molecule has 1 aromatic carbocycles. The molecular formula is C19H30BrIN4O2. The van der Waals surface area contributed by atoms with Crippen molar-refractivity contribution >= 4 is 51.8 Å². The van der Waals surface area contributed by atoms with Gasteiger partial charge in [-0.1, -0.05) is 15.9 Å². The van der Waals surface area contributed by atoms with Crippen molar-refractivity contribution in [1.82, 2.24) is 15.5 Å². The normalized spacial score (nSPS) is 15.1. The maximum absolute atomic E-state index is 11.5. The molecule has 2 N–H and O–H groups in total. The average molecular weight is 553 g/mol. The fourth-order valence-electron chi connectivity index (χ4n) is 2.98. The molecule has 2 rings (SSSR count). The summed E-state index contributed by atoms with van der Waals surface area (Å²) in [4.78, 5) is 18.5. The maximum atomic E-state index is 11.5. The van der Waals surface area contributed by atoms with Crippen LogP contribution in [-0.4, -0.2) is 56.6 Å². The van der Waals surface area contributed by atoms with Gasteiger partial charge in [0.2, 0.25) is 5.91 Å². The van der Waals surface area contributed by atoms with Gasteiger partial charge in [0.05, 0.1) is 6.54 Å². The molecule has 8 heteroatoms. The summed E-state index contributed by atoms with van der Waals surface area (Å²) < 4.78 is 6.77. The predicted octanol–water partition coefficient (Wildman–Crippen LogP) is 3.26. The fourth-order valence-corrected chi connectivity index (χ4v) is 3.25. The smallest absolute Gasteiger partial charge is 0.220 e. The summed E-state index contributed by atoms with van der Waals surface area (Å²) in [6, 6.07) is 7.81. The Morgan fingerprint density at radius 2 is 1.96 bits per heavy atom. The van der Waals surface area contributed by atoms with Gasteiger partial charge >= 0.3 is 0 Å². The zero-order chi connectivity index (χ0) is 18.8. The van der Waals surface area contributed by atoms with Gasteiger partial charge in [-0.15, -0.1) is 24.0 Å². The van der Waals surface area contributed by atoms with E-state index in [1.165, 1.54) is 0 Å². The summed E-state index contributed by atoms with van der Waals surface area (Å²) in [7, 11) is 1.70.